The van der Waals surface area contributed by atoms with Crippen molar-refractivity contribution in [1.29, 1.82) is 0 Å². The van der Waals surface area contributed by atoms with E-state index < -0.39 is 11.6 Å². The average Bonchev–Trinajstić information content (AvgIpc) is 3.08. The van der Waals surface area contributed by atoms with Crippen molar-refractivity contribution in [3.63, 3.8) is 0 Å². The van der Waals surface area contributed by atoms with Crippen molar-refractivity contribution >= 4 is 0 Å². The SMILES string of the molecule is C[C@](Cc1ccc(Oc2ccccc2)cc1)(Oc1ccccn1)O[C@@](C)(Cc1ccc(Oc2ccccc2)cc1)Oc1ccccn1. The summed E-state index contributed by atoms with van der Waals surface area (Å²) in [5.41, 5.74) is 1.96. The molecule has 0 saturated heterocycles. The van der Waals surface area contributed by atoms with E-state index >= 15 is 0 Å². The second-order valence-electron chi connectivity index (χ2n) is 11.4. The molecule has 0 bridgehead atoms. The molecule has 7 heteroatoms. The Morgan fingerprint density at radius 3 is 1.15 bits per heavy atom. The molecule has 2 atom stereocenters. The van der Waals surface area contributed by atoms with E-state index in [4.69, 9.17) is 23.7 Å². The van der Waals surface area contributed by atoms with Crippen molar-refractivity contribution in [3.05, 3.63) is 169 Å². The van der Waals surface area contributed by atoms with E-state index in [1.165, 1.54) is 0 Å². The number of ether oxygens (including phenoxy) is 5. The standard InChI is InChI=1S/C40H36N2O5/c1-39(45-37-17-9-11-27-41-37,29-31-19-23-35(24-20-31)43-33-13-5-3-6-14-33)47-40(2,46-38-18-10-12-28-42-38)30-32-21-25-36(26-22-32)44-34-15-7-4-8-16-34/h3-28H,29-30H2,1-2H3/t39-,40-/m0/s1. The first-order valence-corrected chi connectivity index (χ1v) is 15.5. The summed E-state index contributed by atoms with van der Waals surface area (Å²) < 4.78 is 31.9. The molecule has 0 radical (unpaired) electrons. The van der Waals surface area contributed by atoms with Crippen LogP contribution >= 0.6 is 0 Å². The number of benzene rings is 4. The van der Waals surface area contributed by atoms with Crippen LogP contribution in [0.1, 0.15) is 25.0 Å². The Morgan fingerprint density at radius 2 is 0.787 bits per heavy atom. The van der Waals surface area contributed by atoms with Gasteiger partial charge in [0.05, 0.1) is 0 Å². The lowest BCUT2D eigenvalue weighted by atomic mass is 10.0. The third-order valence-electron chi connectivity index (χ3n) is 7.20. The van der Waals surface area contributed by atoms with Crippen LogP contribution < -0.4 is 18.9 Å². The maximum absolute atomic E-state index is 6.91. The van der Waals surface area contributed by atoms with E-state index in [2.05, 4.69) is 9.97 Å². The first-order valence-electron chi connectivity index (χ1n) is 15.5. The van der Waals surface area contributed by atoms with E-state index in [0.29, 0.717) is 24.6 Å². The second kappa shape index (κ2) is 14.6. The molecule has 0 unspecified atom stereocenters. The van der Waals surface area contributed by atoms with E-state index in [1.807, 2.05) is 147 Å². The summed E-state index contributed by atoms with van der Waals surface area (Å²) in [6.07, 6.45) is 4.16. The Kier molecular flexibility index (Phi) is 9.75. The zero-order chi connectivity index (χ0) is 32.4. The summed E-state index contributed by atoms with van der Waals surface area (Å²) in [4.78, 5) is 8.84. The highest BCUT2D eigenvalue weighted by molar-refractivity contribution is 5.35. The van der Waals surface area contributed by atoms with Crippen LogP contribution in [0.5, 0.6) is 34.8 Å². The van der Waals surface area contributed by atoms with Crippen molar-refractivity contribution < 1.29 is 23.7 Å². The van der Waals surface area contributed by atoms with Gasteiger partial charge in [0.1, 0.15) is 23.0 Å². The molecule has 7 nitrogen and oxygen atoms in total. The molecule has 0 aliphatic carbocycles. The number of hydrogen-bond acceptors (Lipinski definition) is 7. The first-order chi connectivity index (χ1) is 22.9. The number of pyridine rings is 2. The molecule has 2 heterocycles. The molecular weight excluding hydrogens is 588 g/mol. The minimum absolute atomic E-state index is 0.389. The van der Waals surface area contributed by atoms with Crippen molar-refractivity contribution in [2.45, 2.75) is 38.3 Å². The molecule has 0 aliphatic heterocycles. The van der Waals surface area contributed by atoms with E-state index in [-0.39, 0.29) is 0 Å². The number of hydrogen-bond donors (Lipinski definition) is 0. The van der Waals surface area contributed by atoms with Crippen LogP contribution in [0.25, 0.3) is 0 Å². The third-order valence-corrected chi connectivity index (χ3v) is 7.20. The zero-order valence-electron chi connectivity index (χ0n) is 26.4. The van der Waals surface area contributed by atoms with Crippen molar-refractivity contribution in [2.75, 3.05) is 0 Å². The van der Waals surface area contributed by atoms with Gasteiger partial charge in [0, 0.05) is 51.2 Å². The van der Waals surface area contributed by atoms with Crippen LogP contribution in [0, 0.1) is 0 Å². The van der Waals surface area contributed by atoms with Gasteiger partial charge in [-0.05, 0) is 71.8 Å². The van der Waals surface area contributed by atoms with E-state index in [9.17, 15) is 0 Å². The molecule has 0 spiro atoms. The van der Waals surface area contributed by atoms with Crippen LogP contribution in [0.4, 0.5) is 0 Å². The molecule has 2 aromatic heterocycles. The molecule has 0 amide bonds. The molecule has 6 aromatic rings. The van der Waals surface area contributed by atoms with Gasteiger partial charge in [-0.3, -0.25) is 4.74 Å². The molecular formula is C40H36N2O5. The molecule has 0 N–H and O–H groups in total. The minimum atomic E-state index is -1.20. The third kappa shape index (κ3) is 9.19. The molecule has 0 saturated carbocycles. The van der Waals surface area contributed by atoms with Gasteiger partial charge in [-0.25, -0.2) is 9.97 Å². The Balaban J connectivity index is 1.26. The van der Waals surface area contributed by atoms with Gasteiger partial charge >= 0.3 is 0 Å². The maximum atomic E-state index is 6.91. The normalized spacial score (nSPS) is 13.5. The van der Waals surface area contributed by atoms with Crippen LogP contribution in [-0.4, -0.2) is 21.5 Å². The number of rotatable bonds is 14. The average molecular weight is 625 g/mol. The molecule has 4 aromatic carbocycles. The number of aromatic nitrogens is 2. The lowest BCUT2D eigenvalue weighted by Crippen LogP contribution is -2.51. The molecule has 236 valence electrons. The van der Waals surface area contributed by atoms with Crippen LogP contribution in [0.3, 0.4) is 0 Å². The summed E-state index contributed by atoms with van der Waals surface area (Å²) in [5.74, 6) is 1.48. The van der Waals surface area contributed by atoms with Gasteiger partial charge < -0.3 is 18.9 Å². The second-order valence-corrected chi connectivity index (χ2v) is 11.4. The summed E-state index contributed by atoms with van der Waals surface area (Å²) in [6.45, 7) is 3.79. The van der Waals surface area contributed by atoms with Crippen LogP contribution in [0.2, 0.25) is 0 Å². The zero-order valence-corrected chi connectivity index (χ0v) is 26.4. The maximum Gasteiger partial charge on any atom is 0.217 e. The molecule has 6 rings (SSSR count). The fourth-order valence-electron chi connectivity index (χ4n) is 5.24. The van der Waals surface area contributed by atoms with Gasteiger partial charge in [-0.1, -0.05) is 72.8 Å². The Morgan fingerprint density at radius 1 is 0.426 bits per heavy atom. The first kappa shape index (κ1) is 31.3. The van der Waals surface area contributed by atoms with Gasteiger partial charge in [-0.15, -0.1) is 0 Å². The quantitative estimate of drug-likeness (QED) is 0.112. The van der Waals surface area contributed by atoms with Gasteiger partial charge in [0.25, 0.3) is 0 Å². The Hall–Kier alpha value is -5.66. The monoisotopic (exact) mass is 624 g/mol. The van der Waals surface area contributed by atoms with Gasteiger partial charge in [-0.2, -0.15) is 0 Å². The fraction of sp³-hybridized carbons (Fsp3) is 0.150. The summed E-state index contributed by atoms with van der Waals surface area (Å²) >= 11 is 0. The van der Waals surface area contributed by atoms with E-state index in [1.54, 1.807) is 24.5 Å². The molecule has 0 fully saturated rings. The fourth-order valence-corrected chi connectivity index (χ4v) is 5.24. The molecule has 47 heavy (non-hydrogen) atoms. The number of nitrogens with zero attached hydrogens (tertiary/aromatic N) is 2. The minimum Gasteiger partial charge on any atom is -0.457 e. The van der Waals surface area contributed by atoms with Gasteiger partial charge in [0.2, 0.25) is 23.3 Å². The van der Waals surface area contributed by atoms with Crippen molar-refractivity contribution in [3.8, 4) is 34.8 Å². The van der Waals surface area contributed by atoms with Gasteiger partial charge in [0.15, 0.2) is 0 Å². The lowest BCUT2D eigenvalue weighted by Gasteiger charge is -2.40. The summed E-state index contributed by atoms with van der Waals surface area (Å²) in [7, 11) is 0. The highest BCUT2D eigenvalue weighted by Gasteiger charge is 2.41. The Bertz CT molecular complexity index is 1670. The smallest absolute Gasteiger partial charge is 0.217 e. The summed E-state index contributed by atoms with van der Waals surface area (Å²) in [6, 6.07) is 46.2. The van der Waals surface area contributed by atoms with Crippen molar-refractivity contribution in [2.24, 2.45) is 0 Å². The topological polar surface area (TPSA) is 71.9 Å². The predicted molar refractivity (Wildman–Crippen MR) is 181 cm³/mol. The lowest BCUT2D eigenvalue weighted by molar-refractivity contribution is -0.297. The summed E-state index contributed by atoms with van der Waals surface area (Å²) in [5, 5.41) is 0. The van der Waals surface area contributed by atoms with Crippen molar-refractivity contribution in [1.82, 2.24) is 9.97 Å². The largest absolute Gasteiger partial charge is 0.457 e. The van der Waals surface area contributed by atoms with E-state index in [0.717, 1.165) is 34.1 Å². The highest BCUT2D eigenvalue weighted by Crippen LogP contribution is 2.33. The predicted octanol–water partition coefficient (Wildman–Crippen LogP) is 9.45. The molecule has 0 aliphatic rings. The van der Waals surface area contributed by atoms with Crippen LogP contribution in [0.15, 0.2) is 158 Å². The highest BCUT2D eigenvalue weighted by atomic mass is 16.8. The number of para-hydroxylation sites is 2. The van der Waals surface area contributed by atoms with Crippen LogP contribution in [-0.2, 0) is 17.6 Å². The Labute approximate surface area is 275 Å².